The third-order valence-corrected chi connectivity index (χ3v) is 2.84. The highest BCUT2D eigenvalue weighted by Crippen LogP contribution is 2.28. The number of rotatable bonds is 3. The summed E-state index contributed by atoms with van der Waals surface area (Å²) in [6.45, 7) is 1.74. The van der Waals surface area contributed by atoms with E-state index in [-0.39, 0.29) is 5.97 Å². The van der Waals surface area contributed by atoms with E-state index in [1.807, 2.05) is 12.1 Å². The summed E-state index contributed by atoms with van der Waals surface area (Å²) in [5.74, 6) is -0.363. The molecule has 0 aliphatic rings. The Morgan fingerprint density at radius 1 is 1.47 bits per heavy atom. The summed E-state index contributed by atoms with van der Waals surface area (Å²) in [5.41, 5.74) is -0.200. The maximum atomic E-state index is 11.7. The molecule has 0 heterocycles. The van der Waals surface area contributed by atoms with Gasteiger partial charge in [-0.05, 0) is 20.0 Å². The monoisotopic (exact) mass is 227 g/mol. The van der Waals surface area contributed by atoms with Crippen LogP contribution in [-0.4, -0.2) is 20.1 Å². The number of nitrogens with one attached hydrogen (secondary N) is 1. The Kier molecular flexibility index (Phi) is 3.72. The van der Waals surface area contributed by atoms with Crippen molar-refractivity contribution in [3.63, 3.8) is 0 Å². The van der Waals surface area contributed by atoms with Crippen molar-refractivity contribution >= 4 is 17.6 Å². The summed E-state index contributed by atoms with van der Waals surface area (Å²) in [5, 5.41) is 3.47. The van der Waals surface area contributed by atoms with Crippen LogP contribution in [0.5, 0.6) is 0 Å². The standard InChI is InChI=1S/C11H14ClNO2/c1-11(13-2,10(14)15-3)8-6-4-5-7-9(8)12/h4-7,13H,1-3H3. The first-order chi connectivity index (χ1) is 7.06. The lowest BCUT2D eigenvalue weighted by molar-refractivity contribution is -0.148. The van der Waals surface area contributed by atoms with E-state index < -0.39 is 5.54 Å². The van der Waals surface area contributed by atoms with Gasteiger partial charge in [0.1, 0.15) is 5.54 Å². The Morgan fingerprint density at radius 2 is 2.07 bits per heavy atom. The molecule has 0 aliphatic heterocycles. The highest BCUT2D eigenvalue weighted by molar-refractivity contribution is 6.31. The van der Waals surface area contributed by atoms with E-state index in [9.17, 15) is 4.79 Å². The summed E-state index contributed by atoms with van der Waals surface area (Å²) >= 11 is 6.04. The van der Waals surface area contributed by atoms with Gasteiger partial charge in [0.15, 0.2) is 0 Å². The zero-order valence-corrected chi connectivity index (χ0v) is 9.76. The van der Waals surface area contributed by atoms with Crippen molar-refractivity contribution in [3.8, 4) is 0 Å². The van der Waals surface area contributed by atoms with Gasteiger partial charge in [0.25, 0.3) is 0 Å². The van der Waals surface area contributed by atoms with Crippen molar-refractivity contribution in [2.24, 2.45) is 0 Å². The van der Waals surface area contributed by atoms with Crippen LogP contribution in [0.1, 0.15) is 12.5 Å². The molecule has 0 amide bonds. The van der Waals surface area contributed by atoms with Gasteiger partial charge in [-0.25, -0.2) is 4.79 Å². The van der Waals surface area contributed by atoms with E-state index in [0.29, 0.717) is 10.6 Å². The van der Waals surface area contributed by atoms with Crippen LogP contribution in [-0.2, 0) is 15.1 Å². The fraction of sp³-hybridized carbons (Fsp3) is 0.364. The molecule has 1 N–H and O–H groups in total. The van der Waals surface area contributed by atoms with Crippen LogP contribution in [0.2, 0.25) is 5.02 Å². The predicted octanol–water partition coefficient (Wildman–Crippen LogP) is 1.95. The van der Waals surface area contributed by atoms with Gasteiger partial charge < -0.3 is 10.1 Å². The molecular weight excluding hydrogens is 214 g/mol. The molecule has 0 saturated carbocycles. The summed E-state index contributed by atoms with van der Waals surface area (Å²) in [7, 11) is 3.05. The summed E-state index contributed by atoms with van der Waals surface area (Å²) in [6, 6.07) is 7.20. The fourth-order valence-electron chi connectivity index (χ4n) is 1.42. The van der Waals surface area contributed by atoms with Gasteiger partial charge in [0.2, 0.25) is 0 Å². The Morgan fingerprint density at radius 3 is 2.53 bits per heavy atom. The zero-order valence-electron chi connectivity index (χ0n) is 9.00. The van der Waals surface area contributed by atoms with Crippen molar-refractivity contribution < 1.29 is 9.53 Å². The lowest BCUT2D eigenvalue weighted by atomic mass is 9.92. The SMILES string of the molecule is CNC(C)(C(=O)OC)c1ccccc1Cl. The average molecular weight is 228 g/mol. The fourth-order valence-corrected chi connectivity index (χ4v) is 1.74. The maximum absolute atomic E-state index is 11.7. The van der Waals surface area contributed by atoms with Crippen molar-refractivity contribution in [1.82, 2.24) is 5.32 Å². The molecule has 82 valence electrons. The molecule has 1 atom stereocenters. The predicted molar refractivity (Wildman–Crippen MR) is 59.9 cm³/mol. The molecule has 1 unspecified atom stereocenters. The molecule has 15 heavy (non-hydrogen) atoms. The first-order valence-corrected chi connectivity index (χ1v) is 4.96. The molecule has 0 saturated heterocycles. The molecule has 0 bridgehead atoms. The number of halogens is 1. The van der Waals surface area contributed by atoms with Gasteiger partial charge in [-0.15, -0.1) is 0 Å². The van der Waals surface area contributed by atoms with Crippen LogP contribution in [0, 0.1) is 0 Å². The van der Waals surface area contributed by atoms with Crippen LogP contribution in [0.4, 0.5) is 0 Å². The van der Waals surface area contributed by atoms with Crippen LogP contribution in [0.15, 0.2) is 24.3 Å². The average Bonchev–Trinajstić information content (AvgIpc) is 2.27. The number of likely N-dealkylation sites (N-methyl/N-ethyl adjacent to an activating group) is 1. The zero-order chi connectivity index (χ0) is 11.5. The number of carbonyl (C=O) groups is 1. The molecule has 0 aromatic heterocycles. The minimum absolute atomic E-state index is 0.363. The number of esters is 1. The third kappa shape index (κ3) is 2.13. The Hall–Kier alpha value is -1.06. The first kappa shape index (κ1) is 12.0. The van der Waals surface area contributed by atoms with Gasteiger partial charge in [0, 0.05) is 10.6 Å². The van der Waals surface area contributed by atoms with Gasteiger partial charge in [-0.2, -0.15) is 0 Å². The molecular formula is C11H14ClNO2. The van der Waals surface area contributed by atoms with Gasteiger partial charge in [-0.1, -0.05) is 29.8 Å². The number of methoxy groups -OCH3 is 1. The second-order valence-electron chi connectivity index (χ2n) is 3.35. The first-order valence-electron chi connectivity index (χ1n) is 4.58. The second kappa shape index (κ2) is 4.64. The molecule has 3 nitrogen and oxygen atoms in total. The van der Waals surface area contributed by atoms with Crippen LogP contribution < -0.4 is 5.32 Å². The topological polar surface area (TPSA) is 38.3 Å². The second-order valence-corrected chi connectivity index (χ2v) is 3.75. The number of carbonyl (C=O) groups excluding carboxylic acids is 1. The van der Waals surface area contributed by atoms with Gasteiger partial charge in [-0.3, -0.25) is 0 Å². The Bertz CT molecular complexity index is 367. The van der Waals surface area contributed by atoms with E-state index in [0.717, 1.165) is 0 Å². The van der Waals surface area contributed by atoms with E-state index in [1.165, 1.54) is 7.11 Å². The number of ether oxygens (including phenoxy) is 1. The molecule has 1 aromatic rings. The lowest BCUT2D eigenvalue weighted by Gasteiger charge is -2.27. The van der Waals surface area contributed by atoms with Gasteiger partial charge in [0.05, 0.1) is 7.11 Å². The Balaban J connectivity index is 3.23. The molecule has 0 spiro atoms. The maximum Gasteiger partial charge on any atom is 0.330 e. The molecule has 1 rings (SSSR count). The number of hydrogen-bond acceptors (Lipinski definition) is 3. The van der Waals surface area contributed by atoms with E-state index >= 15 is 0 Å². The van der Waals surface area contributed by atoms with Crippen LogP contribution in [0.25, 0.3) is 0 Å². The number of hydrogen-bond donors (Lipinski definition) is 1. The minimum atomic E-state index is -0.910. The van der Waals surface area contributed by atoms with Crippen molar-refractivity contribution in [3.05, 3.63) is 34.9 Å². The summed E-state index contributed by atoms with van der Waals surface area (Å²) in [6.07, 6.45) is 0. The molecule has 0 fully saturated rings. The summed E-state index contributed by atoms with van der Waals surface area (Å²) in [4.78, 5) is 11.7. The van der Waals surface area contributed by atoms with E-state index in [1.54, 1.807) is 26.1 Å². The van der Waals surface area contributed by atoms with Crippen molar-refractivity contribution in [2.75, 3.05) is 14.2 Å². The smallest absolute Gasteiger partial charge is 0.330 e. The highest BCUT2D eigenvalue weighted by Gasteiger charge is 2.36. The number of benzene rings is 1. The minimum Gasteiger partial charge on any atom is -0.467 e. The third-order valence-electron chi connectivity index (χ3n) is 2.51. The molecule has 4 heteroatoms. The quantitative estimate of drug-likeness (QED) is 0.803. The van der Waals surface area contributed by atoms with E-state index in [4.69, 9.17) is 16.3 Å². The normalized spacial score (nSPS) is 14.4. The largest absolute Gasteiger partial charge is 0.467 e. The Labute approximate surface area is 94.4 Å². The van der Waals surface area contributed by atoms with Gasteiger partial charge >= 0.3 is 5.97 Å². The highest BCUT2D eigenvalue weighted by atomic mass is 35.5. The van der Waals surface area contributed by atoms with E-state index in [2.05, 4.69) is 5.32 Å². The van der Waals surface area contributed by atoms with Crippen molar-refractivity contribution in [1.29, 1.82) is 0 Å². The lowest BCUT2D eigenvalue weighted by Crippen LogP contribution is -2.45. The molecule has 0 radical (unpaired) electrons. The summed E-state index contributed by atoms with van der Waals surface area (Å²) < 4.78 is 4.76. The van der Waals surface area contributed by atoms with Crippen LogP contribution >= 0.6 is 11.6 Å². The van der Waals surface area contributed by atoms with Crippen LogP contribution in [0.3, 0.4) is 0 Å². The molecule has 1 aromatic carbocycles. The van der Waals surface area contributed by atoms with Crippen molar-refractivity contribution in [2.45, 2.75) is 12.5 Å². The molecule has 0 aliphatic carbocycles.